The molecule has 0 saturated heterocycles. The van der Waals surface area contributed by atoms with Crippen LogP contribution in [0, 0.1) is 6.92 Å². The van der Waals surface area contributed by atoms with Gasteiger partial charge >= 0.3 is 0 Å². The lowest BCUT2D eigenvalue weighted by Gasteiger charge is -2.10. The molecular weight excluding hydrogens is 340 g/mol. The summed E-state index contributed by atoms with van der Waals surface area (Å²) in [6.45, 7) is 1.88. The minimum absolute atomic E-state index is 0.0252. The summed E-state index contributed by atoms with van der Waals surface area (Å²) in [5, 5.41) is 10.2. The van der Waals surface area contributed by atoms with E-state index < -0.39 is 5.78 Å². The predicted octanol–water partition coefficient (Wildman–Crippen LogP) is 4.71. The van der Waals surface area contributed by atoms with E-state index >= 15 is 0 Å². The molecule has 4 rings (SSSR count). The molecule has 0 bridgehead atoms. The summed E-state index contributed by atoms with van der Waals surface area (Å²) in [6, 6.07) is 20.2. The number of ketones is 1. The van der Waals surface area contributed by atoms with Crippen molar-refractivity contribution in [2.45, 2.75) is 6.92 Å². The summed E-state index contributed by atoms with van der Waals surface area (Å²) in [5.74, 6) is -0.232. The summed E-state index contributed by atoms with van der Waals surface area (Å²) in [7, 11) is 0. The van der Waals surface area contributed by atoms with Gasteiger partial charge in [0.2, 0.25) is 11.2 Å². The highest BCUT2D eigenvalue weighted by Gasteiger charge is 2.23. The Morgan fingerprint density at radius 3 is 2.44 bits per heavy atom. The first kappa shape index (κ1) is 16.8. The van der Waals surface area contributed by atoms with E-state index in [9.17, 15) is 14.7 Å². The zero-order valence-corrected chi connectivity index (χ0v) is 14.6. The molecule has 1 aromatic heterocycles. The van der Waals surface area contributed by atoms with Crippen molar-refractivity contribution in [3.63, 3.8) is 0 Å². The van der Waals surface area contributed by atoms with Crippen LogP contribution in [0.1, 0.15) is 21.5 Å². The molecule has 0 saturated carbocycles. The number of phenols is 1. The Bertz CT molecular complexity index is 1220. The quantitative estimate of drug-likeness (QED) is 0.540. The van der Waals surface area contributed by atoms with Crippen molar-refractivity contribution in [3.8, 4) is 17.1 Å². The van der Waals surface area contributed by atoms with Crippen LogP contribution in [0.4, 0.5) is 0 Å². The van der Waals surface area contributed by atoms with Crippen LogP contribution < -0.4 is 5.43 Å². The number of rotatable bonds is 3. The van der Waals surface area contributed by atoms with Crippen molar-refractivity contribution in [2.75, 3.05) is 0 Å². The molecule has 1 heterocycles. The molecule has 0 radical (unpaired) electrons. The largest absolute Gasteiger partial charge is 0.508 e. The lowest BCUT2D eigenvalue weighted by molar-refractivity contribution is 0.103. The fourth-order valence-corrected chi connectivity index (χ4v) is 3.10. The normalized spacial score (nSPS) is 10.9. The van der Waals surface area contributed by atoms with Crippen molar-refractivity contribution in [1.82, 2.24) is 0 Å². The number of benzene rings is 3. The molecule has 0 aliphatic rings. The maximum atomic E-state index is 13.2. The number of hydrogen-bond acceptors (Lipinski definition) is 4. The van der Waals surface area contributed by atoms with Gasteiger partial charge in [0.25, 0.3) is 0 Å². The average Bonchev–Trinajstić information content (AvgIpc) is 2.68. The molecule has 4 aromatic rings. The molecule has 0 fully saturated rings. The Morgan fingerprint density at radius 1 is 0.926 bits per heavy atom. The van der Waals surface area contributed by atoms with Crippen LogP contribution in [-0.4, -0.2) is 10.9 Å². The summed E-state index contributed by atoms with van der Waals surface area (Å²) in [6.07, 6.45) is 0. The number of carbonyl (C=O) groups excluding carboxylic acids is 1. The van der Waals surface area contributed by atoms with Gasteiger partial charge in [0.05, 0.1) is 5.39 Å². The van der Waals surface area contributed by atoms with Gasteiger partial charge in [0.1, 0.15) is 22.7 Å². The second-order valence-corrected chi connectivity index (χ2v) is 6.38. The molecule has 0 amide bonds. The van der Waals surface area contributed by atoms with Crippen LogP contribution in [0.3, 0.4) is 0 Å². The maximum Gasteiger partial charge on any atom is 0.204 e. The first-order valence-electron chi connectivity index (χ1n) is 8.51. The predicted molar refractivity (Wildman–Crippen MR) is 104 cm³/mol. The molecule has 4 nitrogen and oxygen atoms in total. The van der Waals surface area contributed by atoms with Crippen molar-refractivity contribution in [2.24, 2.45) is 0 Å². The zero-order valence-electron chi connectivity index (χ0n) is 14.6. The van der Waals surface area contributed by atoms with E-state index in [0.29, 0.717) is 22.1 Å². The van der Waals surface area contributed by atoms with Gasteiger partial charge in [-0.15, -0.1) is 0 Å². The molecular formula is C23H16O4. The molecule has 0 aliphatic heterocycles. The second-order valence-electron chi connectivity index (χ2n) is 6.38. The summed E-state index contributed by atoms with van der Waals surface area (Å²) >= 11 is 0. The van der Waals surface area contributed by atoms with E-state index in [0.717, 1.165) is 5.56 Å². The molecule has 0 spiro atoms. The van der Waals surface area contributed by atoms with Crippen LogP contribution in [0.15, 0.2) is 82.0 Å². The summed E-state index contributed by atoms with van der Waals surface area (Å²) in [5.41, 5.74) is 1.75. The Kier molecular flexibility index (Phi) is 4.09. The number of aryl methyl sites for hydroxylation is 1. The van der Waals surface area contributed by atoms with Crippen molar-refractivity contribution in [1.29, 1.82) is 0 Å². The van der Waals surface area contributed by atoms with Crippen molar-refractivity contribution in [3.05, 3.63) is 99.7 Å². The SMILES string of the molecule is Cc1ccc2oc(-c3cccc(O)c3)c(C(=O)c3ccccc3)c(=O)c2c1. The Balaban J connectivity index is 2.08. The molecule has 4 heteroatoms. The Labute approximate surface area is 155 Å². The summed E-state index contributed by atoms with van der Waals surface area (Å²) < 4.78 is 5.98. The first-order valence-corrected chi connectivity index (χ1v) is 8.51. The number of hydrogen-bond donors (Lipinski definition) is 1. The molecule has 27 heavy (non-hydrogen) atoms. The zero-order chi connectivity index (χ0) is 19.0. The molecule has 1 N–H and O–H groups in total. The van der Waals surface area contributed by atoms with Crippen LogP contribution in [0.2, 0.25) is 0 Å². The van der Waals surface area contributed by atoms with Gasteiger partial charge in [-0.05, 0) is 31.2 Å². The van der Waals surface area contributed by atoms with Gasteiger partial charge in [-0.2, -0.15) is 0 Å². The van der Waals surface area contributed by atoms with Gasteiger partial charge in [0.15, 0.2) is 0 Å². The minimum atomic E-state index is -0.411. The topological polar surface area (TPSA) is 67.5 Å². The second kappa shape index (κ2) is 6.57. The van der Waals surface area contributed by atoms with Crippen LogP contribution in [0.5, 0.6) is 5.75 Å². The third-order valence-electron chi connectivity index (χ3n) is 4.42. The van der Waals surface area contributed by atoms with Gasteiger partial charge in [-0.25, -0.2) is 0 Å². The van der Waals surface area contributed by atoms with Crippen molar-refractivity contribution >= 4 is 16.8 Å². The van der Waals surface area contributed by atoms with Gasteiger partial charge in [-0.1, -0.05) is 54.1 Å². The fraction of sp³-hybridized carbons (Fsp3) is 0.0435. The van der Waals surface area contributed by atoms with Crippen LogP contribution >= 0.6 is 0 Å². The van der Waals surface area contributed by atoms with E-state index in [2.05, 4.69) is 0 Å². The molecule has 0 atom stereocenters. The van der Waals surface area contributed by atoms with E-state index in [4.69, 9.17) is 4.42 Å². The standard InChI is InChI=1S/C23H16O4/c1-14-10-11-19-18(12-14)22(26)20(21(25)15-6-3-2-4-7-15)23(27-19)16-8-5-9-17(24)13-16/h2-13,24H,1H3. The number of carbonyl (C=O) groups is 1. The highest BCUT2D eigenvalue weighted by atomic mass is 16.3. The average molecular weight is 356 g/mol. The minimum Gasteiger partial charge on any atom is -0.508 e. The van der Waals surface area contributed by atoms with E-state index in [1.165, 1.54) is 12.1 Å². The van der Waals surface area contributed by atoms with Crippen LogP contribution in [-0.2, 0) is 0 Å². The third-order valence-corrected chi connectivity index (χ3v) is 4.42. The van der Waals surface area contributed by atoms with Gasteiger partial charge in [0, 0.05) is 11.1 Å². The molecule has 3 aromatic carbocycles. The Hall–Kier alpha value is -3.66. The first-order chi connectivity index (χ1) is 13.0. The van der Waals surface area contributed by atoms with Crippen LogP contribution in [0.25, 0.3) is 22.3 Å². The Morgan fingerprint density at radius 2 is 1.70 bits per heavy atom. The molecule has 0 aliphatic carbocycles. The summed E-state index contributed by atoms with van der Waals surface area (Å²) in [4.78, 5) is 26.4. The number of aromatic hydroxyl groups is 1. The van der Waals surface area contributed by atoms with E-state index in [-0.39, 0.29) is 22.5 Å². The monoisotopic (exact) mass is 356 g/mol. The highest BCUT2D eigenvalue weighted by Crippen LogP contribution is 2.29. The van der Waals surface area contributed by atoms with Gasteiger partial charge < -0.3 is 9.52 Å². The smallest absolute Gasteiger partial charge is 0.204 e. The van der Waals surface area contributed by atoms with Gasteiger partial charge in [-0.3, -0.25) is 9.59 Å². The molecule has 0 unspecified atom stereocenters. The van der Waals surface area contributed by atoms with E-state index in [1.54, 1.807) is 54.6 Å². The fourth-order valence-electron chi connectivity index (χ4n) is 3.10. The lowest BCUT2D eigenvalue weighted by Crippen LogP contribution is -2.18. The van der Waals surface area contributed by atoms with Crippen molar-refractivity contribution < 1.29 is 14.3 Å². The number of fused-ring (bicyclic) bond motifs is 1. The lowest BCUT2D eigenvalue weighted by atomic mass is 9.97. The third kappa shape index (κ3) is 3.02. The molecule has 132 valence electrons. The highest BCUT2D eigenvalue weighted by molar-refractivity contribution is 6.13. The maximum absolute atomic E-state index is 13.2. The number of phenolic OH excluding ortho intramolecular Hbond substituents is 1. The van der Waals surface area contributed by atoms with E-state index in [1.807, 2.05) is 13.0 Å².